The zero-order valence-corrected chi connectivity index (χ0v) is 10.7. The van der Waals surface area contributed by atoms with Gasteiger partial charge in [0.1, 0.15) is 11.0 Å². The van der Waals surface area contributed by atoms with E-state index in [9.17, 15) is 4.79 Å². The molecule has 0 radical (unpaired) electrons. The van der Waals surface area contributed by atoms with E-state index in [1.165, 1.54) is 6.20 Å². The summed E-state index contributed by atoms with van der Waals surface area (Å²) in [7, 11) is 0. The van der Waals surface area contributed by atoms with Gasteiger partial charge in [0.15, 0.2) is 0 Å². The maximum atomic E-state index is 10.8. The number of nitrogens with zero attached hydrogens (tertiary/aromatic N) is 2. The average molecular weight is 270 g/mol. The van der Waals surface area contributed by atoms with Crippen molar-refractivity contribution in [1.82, 2.24) is 9.97 Å². The summed E-state index contributed by atoms with van der Waals surface area (Å²) < 4.78 is 0. The molecule has 1 aliphatic carbocycles. The molecule has 0 unspecified atom stereocenters. The number of nitrogens with one attached hydrogen (secondary N) is 1. The van der Waals surface area contributed by atoms with Crippen LogP contribution in [0.25, 0.3) is 0 Å². The fraction of sp³-hybridized carbons (Fsp3) is 0.583. The van der Waals surface area contributed by atoms with Gasteiger partial charge in [-0.25, -0.2) is 4.98 Å². The van der Waals surface area contributed by atoms with Gasteiger partial charge in [0.2, 0.25) is 0 Å². The lowest BCUT2D eigenvalue weighted by Crippen LogP contribution is -2.25. The van der Waals surface area contributed by atoms with Gasteiger partial charge in [-0.3, -0.25) is 9.78 Å². The molecule has 2 rings (SSSR count). The smallest absolute Gasteiger partial charge is 0.306 e. The first kappa shape index (κ1) is 13.1. The van der Waals surface area contributed by atoms with Gasteiger partial charge in [-0.05, 0) is 31.6 Å². The van der Waals surface area contributed by atoms with E-state index in [0.29, 0.717) is 16.9 Å². The number of rotatable bonds is 4. The number of halogens is 1. The zero-order valence-electron chi connectivity index (χ0n) is 9.97. The van der Waals surface area contributed by atoms with Crippen LogP contribution in [0.5, 0.6) is 0 Å². The van der Waals surface area contributed by atoms with Crippen LogP contribution in [0.2, 0.25) is 5.15 Å². The lowest BCUT2D eigenvalue weighted by molar-refractivity contribution is -0.143. The van der Waals surface area contributed by atoms with Crippen LogP contribution in [0.3, 0.4) is 0 Å². The third-order valence-electron chi connectivity index (χ3n) is 3.37. The van der Waals surface area contributed by atoms with E-state index in [-0.39, 0.29) is 5.92 Å². The molecule has 0 aliphatic heterocycles. The Bertz CT molecular complexity index is 420. The van der Waals surface area contributed by atoms with Crippen molar-refractivity contribution >= 4 is 23.4 Å². The molecule has 18 heavy (non-hydrogen) atoms. The number of carbonyl (C=O) groups is 1. The zero-order chi connectivity index (χ0) is 13.0. The molecule has 0 aromatic carbocycles. The van der Waals surface area contributed by atoms with Gasteiger partial charge in [0.25, 0.3) is 0 Å². The summed E-state index contributed by atoms with van der Waals surface area (Å²) >= 11 is 5.74. The van der Waals surface area contributed by atoms with E-state index < -0.39 is 5.97 Å². The topological polar surface area (TPSA) is 75.1 Å². The highest BCUT2D eigenvalue weighted by Gasteiger charge is 2.25. The molecule has 2 N–H and O–H groups in total. The van der Waals surface area contributed by atoms with E-state index in [4.69, 9.17) is 16.7 Å². The van der Waals surface area contributed by atoms with Crippen LogP contribution in [0.1, 0.15) is 25.7 Å². The van der Waals surface area contributed by atoms with Crippen LogP contribution in [-0.2, 0) is 4.79 Å². The van der Waals surface area contributed by atoms with E-state index in [1.54, 1.807) is 6.20 Å². The van der Waals surface area contributed by atoms with Gasteiger partial charge in [-0.1, -0.05) is 11.6 Å². The van der Waals surface area contributed by atoms with Gasteiger partial charge in [-0.15, -0.1) is 0 Å². The second kappa shape index (κ2) is 6.00. The predicted molar refractivity (Wildman–Crippen MR) is 68.6 cm³/mol. The Hall–Kier alpha value is -1.36. The van der Waals surface area contributed by atoms with Gasteiger partial charge in [-0.2, -0.15) is 0 Å². The van der Waals surface area contributed by atoms with Crippen molar-refractivity contribution in [3.8, 4) is 0 Å². The van der Waals surface area contributed by atoms with E-state index in [1.807, 2.05) is 0 Å². The van der Waals surface area contributed by atoms with Crippen molar-refractivity contribution in [3.63, 3.8) is 0 Å². The fourth-order valence-corrected chi connectivity index (χ4v) is 2.44. The van der Waals surface area contributed by atoms with Crippen molar-refractivity contribution in [2.24, 2.45) is 11.8 Å². The molecule has 0 spiro atoms. The summed E-state index contributed by atoms with van der Waals surface area (Å²) in [5, 5.41) is 12.5. The van der Waals surface area contributed by atoms with Crippen molar-refractivity contribution in [3.05, 3.63) is 17.5 Å². The third kappa shape index (κ3) is 3.57. The second-order valence-electron chi connectivity index (χ2n) is 4.66. The van der Waals surface area contributed by atoms with Crippen LogP contribution >= 0.6 is 11.6 Å². The molecule has 0 bridgehead atoms. The van der Waals surface area contributed by atoms with Crippen LogP contribution < -0.4 is 5.32 Å². The highest BCUT2D eigenvalue weighted by atomic mass is 35.5. The maximum Gasteiger partial charge on any atom is 0.306 e. The molecule has 0 saturated heterocycles. The first-order chi connectivity index (χ1) is 8.65. The highest BCUT2D eigenvalue weighted by molar-refractivity contribution is 6.29. The number of aliphatic carboxylic acids is 1. The van der Waals surface area contributed by atoms with Crippen LogP contribution in [0.4, 0.5) is 5.82 Å². The first-order valence-corrected chi connectivity index (χ1v) is 6.47. The lowest BCUT2D eigenvalue weighted by Gasteiger charge is -2.26. The van der Waals surface area contributed by atoms with Crippen LogP contribution in [0.15, 0.2) is 12.4 Å². The molecule has 0 atom stereocenters. The number of hydrogen-bond acceptors (Lipinski definition) is 4. The minimum atomic E-state index is -0.665. The molecular formula is C12H16ClN3O2. The Kier molecular flexibility index (Phi) is 4.36. The molecule has 98 valence electrons. The minimum Gasteiger partial charge on any atom is -0.481 e. The Balaban J connectivity index is 1.77. The van der Waals surface area contributed by atoms with E-state index >= 15 is 0 Å². The molecule has 1 fully saturated rings. The number of hydrogen-bond donors (Lipinski definition) is 2. The van der Waals surface area contributed by atoms with Crippen LogP contribution in [-0.4, -0.2) is 27.6 Å². The Labute approximate surface area is 111 Å². The summed E-state index contributed by atoms with van der Waals surface area (Å²) in [5.74, 6) is 0.346. The molecule has 5 nitrogen and oxygen atoms in total. The minimum absolute atomic E-state index is 0.160. The molecule has 1 aliphatic rings. The molecule has 0 amide bonds. The number of aromatic nitrogens is 2. The normalized spacial score (nSPS) is 23.6. The lowest BCUT2D eigenvalue weighted by atomic mass is 9.82. The Morgan fingerprint density at radius 1 is 1.39 bits per heavy atom. The fourth-order valence-electron chi connectivity index (χ4n) is 2.29. The van der Waals surface area contributed by atoms with Crippen molar-refractivity contribution in [1.29, 1.82) is 0 Å². The van der Waals surface area contributed by atoms with Gasteiger partial charge in [0.05, 0.1) is 18.3 Å². The Morgan fingerprint density at radius 2 is 2.11 bits per heavy atom. The third-order valence-corrected chi connectivity index (χ3v) is 3.56. The SMILES string of the molecule is O=C(O)C1CCC(CNc2cncc(Cl)n2)CC1. The van der Waals surface area contributed by atoms with Gasteiger partial charge in [0, 0.05) is 6.54 Å². The number of carboxylic acid groups (broad SMARTS) is 1. The first-order valence-electron chi connectivity index (χ1n) is 6.09. The molecular weight excluding hydrogens is 254 g/mol. The van der Waals surface area contributed by atoms with Crippen molar-refractivity contribution in [2.45, 2.75) is 25.7 Å². The predicted octanol–water partition coefficient (Wildman–Crippen LogP) is 2.43. The average Bonchev–Trinajstić information content (AvgIpc) is 2.37. The molecule has 6 heteroatoms. The summed E-state index contributed by atoms with van der Waals surface area (Å²) in [5.41, 5.74) is 0. The number of carboxylic acids is 1. The van der Waals surface area contributed by atoms with E-state index in [0.717, 1.165) is 32.2 Å². The highest BCUT2D eigenvalue weighted by Crippen LogP contribution is 2.28. The standard InChI is InChI=1S/C12H16ClN3O2/c13-10-6-14-7-11(16-10)15-5-8-1-3-9(4-2-8)12(17)18/h6-9H,1-5H2,(H,15,16)(H,17,18). The monoisotopic (exact) mass is 269 g/mol. The van der Waals surface area contributed by atoms with Gasteiger partial charge < -0.3 is 10.4 Å². The largest absolute Gasteiger partial charge is 0.481 e. The summed E-state index contributed by atoms with van der Waals surface area (Å²) in [6, 6.07) is 0. The van der Waals surface area contributed by atoms with Crippen molar-refractivity contribution < 1.29 is 9.90 Å². The van der Waals surface area contributed by atoms with E-state index in [2.05, 4.69) is 15.3 Å². The summed E-state index contributed by atoms with van der Waals surface area (Å²) in [6.07, 6.45) is 6.54. The van der Waals surface area contributed by atoms with Crippen LogP contribution in [0, 0.1) is 11.8 Å². The summed E-state index contributed by atoms with van der Waals surface area (Å²) in [6.45, 7) is 0.793. The summed E-state index contributed by atoms with van der Waals surface area (Å²) in [4.78, 5) is 18.9. The molecule has 1 heterocycles. The molecule has 1 saturated carbocycles. The number of anilines is 1. The van der Waals surface area contributed by atoms with Crippen molar-refractivity contribution in [2.75, 3.05) is 11.9 Å². The van der Waals surface area contributed by atoms with Gasteiger partial charge >= 0.3 is 5.97 Å². The quantitative estimate of drug-likeness (QED) is 0.878. The molecule has 1 aromatic heterocycles. The maximum absolute atomic E-state index is 10.8. The second-order valence-corrected chi connectivity index (χ2v) is 5.05. The molecule has 1 aromatic rings. The Morgan fingerprint density at radius 3 is 2.72 bits per heavy atom.